The molecule has 6 nitrogen and oxygen atoms in total. The molecule has 1 amide bonds. The molecule has 0 radical (unpaired) electrons. The van der Waals surface area contributed by atoms with Gasteiger partial charge in [0, 0.05) is 31.4 Å². The molecule has 2 aromatic rings. The highest BCUT2D eigenvalue weighted by molar-refractivity contribution is 5.76. The van der Waals surface area contributed by atoms with Gasteiger partial charge in [-0.2, -0.15) is 10.2 Å². The normalized spacial score (nSPS) is 18.6. The van der Waals surface area contributed by atoms with Crippen LogP contribution in [0.4, 0.5) is 0 Å². The van der Waals surface area contributed by atoms with Crippen molar-refractivity contribution >= 4 is 5.91 Å². The maximum Gasteiger partial charge on any atom is 0.224 e. The van der Waals surface area contributed by atoms with Crippen LogP contribution in [0.3, 0.4) is 0 Å². The number of nitrogens with zero attached hydrogens (tertiary/aromatic N) is 4. The number of aryl methyl sites for hydroxylation is 3. The number of aromatic amines is 1. The second kappa shape index (κ2) is 6.34. The van der Waals surface area contributed by atoms with Crippen molar-refractivity contribution in [1.29, 1.82) is 0 Å². The van der Waals surface area contributed by atoms with Gasteiger partial charge in [-0.25, -0.2) is 0 Å². The van der Waals surface area contributed by atoms with E-state index < -0.39 is 0 Å². The molecule has 0 bridgehead atoms. The number of hydrogen-bond donors (Lipinski definition) is 1. The first-order valence-corrected chi connectivity index (χ1v) is 7.94. The first kappa shape index (κ1) is 14.8. The van der Waals surface area contributed by atoms with E-state index in [4.69, 9.17) is 0 Å². The molecule has 0 aliphatic carbocycles. The predicted octanol–water partition coefficient (Wildman–Crippen LogP) is 2.37. The monoisotopic (exact) mass is 301 g/mol. The van der Waals surface area contributed by atoms with Crippen molar-refractivity contribution < 1.29 is 4.79 Å². The van der Waals surface area contributed by atoms with Gasteiger partial charge in [-0.1, -0.05) is 0 Å². The zero-order valence-electron chi connectivity index (χ0n) is 13.2. The summed E-state index contributed by atoms with van der Waals surface area (Å²) >= 11 is 0. The molecule has 22 heavy (non-hydrogen) atoms. The average molecular weight is 301 g/mol. The molecule has 6 heteroatoms. The molecular weight excluding hydrogens is 278 g/mol. The number of amides is 1. The van der Waals surface area contributed by atoms with Gasteiger partial charge < -0.3 is 4.90 Å². The van der Waals surface area contributed by atoms with Crippen LogP contribution in [0, 0.1) is 13.8 Å². The summed E-state index contributed by atoms with van der Waals surface area (Å²) in [5.41, 5.74) is 3.31. The third kappa shape index (κ3) is 2.91. The lowest BCUT2D eigenvalue weighted by Gasteiger charge is -2.35. The first-order chi connectivity index (χ1) is 10.7. The molecule has 1 saturated heterocycles. The highest BCUT2D eigenvalue weighted by Crippen LogP contribution is 2.31. The first-order valence-electron chi connectivity index (χ1n) is 7.94. The van der Waals surface area contributed by atoms with Crippen molar-refractivity contribution in [2.75, 3.05) is 6.54 Å². The summed E-state index contributed by atoms with van der Waals surface area (Å²) < 4.78 is 1.89. The van der Waals surface area contributed by atoms with E-state index in [9.17, 15) is 4.79 Å². The molecule has 1 aliphatic rings. The molecule has 118 valence electrons. The molecule has 2 aromatic heterocycles. The van der Waals surface area contributed by atoms with Gasteiger partial charge in [-0.15, -0.1) is 0 Å². The summed E-state index contributed by atoms with van der Waals surface area (Å²) in [6.07, 6.45) is 7.35. The van der Waals surface area contributed by atoms with Crippen LogP contribution in [-0.2, 0) is 11.3 Å². The van der Waals surface area contributed by atoms with E-state index in [0.717, 1.165) is 42.8 Å². The average Bonchev–Trinajstić information content (AvgIpc) is 3.13. The van der Waals surface area contributed by atoms with E-state index in [1.807, 2.05) is 35.7 Å². The highest BCUT2D eigenvalue weighted by atomic mass is 16.2. The van der Waals surface area contributed by atoms with E-state index in [-0.39, 0.29) is 11.9 Å². The second-order valence-electron chi connectivity index (χ2n) is 6.01. The minimum Gasteiger partial charge on any atom is -0.334 e. The van der Waals surface area contributed by atoms with Crippen molar-refractivity contribution in [1.82, 2.24) is 24.9 Å². The number of rotatable bonds is 4. The van der Waals surface area contributed by atoms with Gasteiger partial charge in [0.1, 0.15) is 0 Å². The summed E-state index contributed by atoms with van der Waals surface area (Å²) in [5.74, 6) is 0.202. The number of nitrogens with one attached hydrogen (secondary N) is 1. The highest BCUT2D eigenvalue weighted by Gasteiger charge is 2.29. The zero-order chi connectivity index (χ0) is 15.5. The van der Waals surface area contributed by atoms with E-state index in [1.165, 1.54) is 0 Å². The molecule has 3 rings (SSSR count). The van der Waals surface area contributed by atoms with E-state index >= 15 is 0 Å². The Balaban J connectivity index is 1.69. The number of H-pyrrole nitrogens is 1. The quantitative estimate of drug-likeness (QED) is 0.942. The lowest BCUT2D eigenvalue weighted by molar-refractivity contribution is -0.135. The SMILES string of the molecule is Cc1cn[nH]c1[C@H]1CCCCN1C(=O)CCn1nccc1C. The largest absolute Gasteiger partial charge is 0.334 e. The van der Waals surface area contributed by atoms with Gasteiger partial charge in [0.05, 0.1) is 17.9 Å². The third-order valence-corrected chi connectivity index (χ3v) is 4.49. The van der Waals surface area contributed by atoms with Gasteiger partial charge in [0.15, 0.2) is 0 Å². The molecule has 0 unspecified atom stereocenters. The molecule has 1 N–H and O–H groups in total. The fraction of sp³-hybridized carbons (Fsp3) is 0.562. The van der Waals surface area contributed by atoms with E-state index in [0.29, 0.717) is 13.0 Å². The Morgan fingerprint density at radius 2 is 2.27 bits per heavy atom. The molecule has 1 atom stereocenters. The summed E-state index contributed by atoms with van der Waals surface area (Å²) in [6.45, 7) is 5.53. The second-order valence-corrected chi connectivity index (χ2v) is 6.01. The van der Waals surface area contributed by atoms with E-state index in [1.54, 1.807) is 6.20 Å². The topological polar surface area (TPSA) is 66.8 Å². The Morgan fingerprint density at radius 3 is 2.95 bits per heavy atom. The molecule has 1 aliphatic heterocycles. The standard InChI is InChI=1S/C16H23N5O/c1-12-11-17-19-16(12)14-5-3-4-9-20(14)15(22)7-10-21-13(2)6-8-18-21/h6,8,11,14H,3-5,7,9-10H2,1-2H3,(H,17,19)/t14-/m1/s1. The van der Waals surface area contributed by atoms with Crippen LogP contribution >= 0.6 is 0 Å². The predicted molar refractivity (Wildman–Crippen MR) is 83.2 cm³/mol. The molecule has 1 fully saturated rings. The number of likely N-dealkylation sites (tertiary alicyclic amines) is 1. The Labute approximate surface area is 130 Å². The number of carbonyl (C=O) groups excluding carboxylic acids is 1. The van der Waals surface area contributed by atoms with Crippen molar-refractivity contribution in [3.8, 4) is 0 Å². The van der Waals surface area contributed by atoms with Crippen molar-refractivity contribution in [2.45, 2.75) is 52.1 Å². The van der Waals surface area contributed by atoms with Crippen LogP contribution in [0.15, 0.2) is 18.5 Å². The minimum absolute atomic E-state index is 0.141. The van der Waals surface area contributed by atoms with E-state index in [2.05, 4.69) is 15.3 Å². The van der Waals surface area contributed by atoms with Gasteiger partial charge >= 0.3 is 0 Å². The van der Waals surface area contributed by atoms with Crippen molar-refractivity contribution in [3.05, 3.63) is 35.4 Å². The molecule has 0 saturated carbocycles. The minimum atomic E-state index is 0.141. The smallest absolute Gasteiger partial charge is 0.224 e. The van der Waals surface area contributed by atoms with Gasteiger partial charge in [0.25, 0.3) is 0 Å². The molecule has 0 spiro atoms. The fourth-order valence-electron chi connectivity index (χ4n) is 3.20. The molecule has 0 aromatic carbocycles. The summed E-state index contributed by atoms with van der Waals surface area (Å²) in [4.78, 5) is 14.7. The van der Waals surface area contributed by atoms with Crippen molar-refractivity contribution in [3.63, 3.8) is 0 Å². The van der Waals surface area contributed by atoms with Crippen LogP contribution in [0.2, 0.25) is 0 Å². The maximum absolute atomic E-state index is 12.7. The Bertz CT molecular complexity index is 645. The van der Waals surface area contributed by atoms with Gasteiger partial charge in [-0.05, 0) is 44.7 Å². The summed E-state index contributed by atoms with van der Waals surface area (Å²) in [6, 6.07) is 2.10. The third-order valence-electron chi connectivity index (χ3n) is 4.49. The van der Waals surface area contributed by atoms with Crippen LogP contribution in [-0.4, -0.2) is 37.3 Å². The van der Waals surface area contributed by atoms with Crippen LogP contribution < -0.4 is 0 Å². The van der Waals surface area contributed by atoms with Gasteiger partial charge in [-0.3, -0.25) is 14.6 Å². The van der Waals surface area contributed by atoms with Crippen LogP contribution in [0.5, 0.6) is 0 Å². The molecule has 3 heterocycles. The maximum atomic E-state index is 12.7. The van der Waals surface area contributed by atoms with Crippen molar-refractivity contribution in [2.24, 2.45) is 0 Å². The number of piperidine rings is 1. The fourth-order valence-corrected chi connectivity index (χ4v) is 3.20. The zero-order valence-corrected chi connectivity index (χ0v) is 13.2. The summed E-state index contributed by atoms with van der Waals surface area (Å²) in [5, 5.41) is 11.4. The van der Waals surface area contributed by atoms with Gasteiger partial charge in [0.2, 0.25) is 5.91 Å². The Hall–Kier alpha value is -2.11. The summed E-state index contributed by atoms with van der Waals surface area (Å²) in [7, 11) is 0. The number of hydrogen-bond acceptors (Lipinski definition) is 3. The lowest BCUT2D eigenvalue weighted by atomic mass is 9.97. The number of carbonyl (C=O) groups is 1. The molecular formula is C16H23N5O. The van der Waals surface area contributed by atoms with Crippen LogP contribution in [0.1, 0.15) is 48.7 Å². The Kier molecular flexibility index (Phi) is 4.27. The Morgan fingerprint density at radius 1 is 1.41 bits per heavy atom. The van der Waals surface area contributed by atoms with Crippen LogP contribution in [0.25, 0.3) is 0 Å². The lowest BCUT2D eigenvalue weighted by Crippen LogP contribution is -2.39. The number of aromatic nitrogens is 4.